The van der Waals surface area contributed by atoms with Gasteiger partial charge in [-0.1, -0.05) is 36.4 Å². The number of hydrogen-bond acceptors (Lipinski definition) is 3. The van der Waals surface area contributed by atoms with Crippen LogP contribution in [0.5, 0.6) is 0 Å². The average Bonchev–Trinajstić information content (AvgIpc) is 2.59. The number of nitrogens with one attached hydrogen (secondary N) is 1. The van der Waals surface area contributed by atoms with Crippen LogP contribution in [-0.4, -0.2) is 18.0 Å². The van der Waals surface area contributed by atoms with Crippen LogP contribution in [0.2, 0.25) is 0 Å². The summed E-state index contributed by atoms with van der Waals surface area (Å²) in [6.07, 6.45) is -4.78. The van der Waals surface area contributed by atoms with E-state index in [-0.39, 0.29) is 24.2 Å². The molecule has 0 radical (unpaired) electrons. The van der Waals surface area contributed by atoms with Crippen molar-refractivity contribution in [1.82, 2.24) is 5.32 Å². The number of aliphatic imine (C=N–C) groups is 1. The molecule has 0 aromatic heterocycles. The fourth-order valence-corrected chi connectivity index (χ4v) is 2.08. The van der Waals surface area contributed by atoms with E-state index in [2.05, 4.69) is 10.3 Å². The molecule has 0 aliphatic heterocycles. The Labute approximate surface area is 149 Å². The first-order chi connectivity index (χ1) is 12.3. The number of halogens is 3. The van der Waals surface area contributed by atoms with E-state index in [1.807, 2.05) is 30.3 Å². The highest BCUT2D eigenvalue weighted by Gasteiger charge is 2.31. The topological polar surface area (TPSA) is 50.7 Å². The molecule has 0 atom stereocenters. The second-order valence-corrected chi connectivity index (χ2v) is 5.81. The van der Waals surface area contributed by atoms with Gasteiger partial charge in [0.05, 0.1) is 18.2 Å². The number of carbonyl (C=O) groups excluding carboxylic acids is 1. The Bertz CT molecular complexity index is 772. The van der Waals surface area contributed by atoms with Gasteiger partial charge in [0.1, 0.15) is 0 Å². The van der Waals surface area contributed by atoms with Gasteiger partial charge in [0.15, 0.2) is 0 Å². The lowest BCUT2D eigenvalue weighted by Gasteiger charge is -2.14. The Morgan fingerprint density at radius 1 is 1.12 bits per heavy atom. The van der Waals surface area contributed by atoms with Crippen LogP contribution in [0.1, 0.15) is 35.3 Å². The van der Waals surface area contributed by atoms with Gasteiger partial charge in [-0.05, 0) is 37.6 Å². The number of rotatable bonds is 4. The van der Waals surface area contributed by atoms with Crippen LogP contribution >= 0.6 is 0 Å². The minimum atomic E-state index is -4.52. The molecule has 26 heavy (non-hydrogen) atoms. The summed E-state index contributed by atoms with van der Waals surface area (Å²) in [5.74, 6) is -0.719. The zero-order valence-electron chi connectivity index (χ0n) is 14.4. The van der Waals surface area contributed by atoms with Crippen molar-refractivity contribution in [2.75, 3.05) is 0 Å². The van der Waals surface area contributed by atoms with Crippen LogP contribution < -0.4 is 5.32 Å². The molecule has 138 valence electrons. The van der Waals surface area contributed by atoms with Crippen molar-refractivity contribution in [2.24, 2.45) is 4.99 Å². The minimum absolute atomic E-state index is 0.0359. The van der Waals surface area contributed by atoms with Gasteiger partial charge >= 0.3 is 6.18 Å². The zero-order chi connectivity index (χ0) is 19.2. The summed E-state index contributed by atoms with van der Waals surface area (Å²) < 4.78 is 43.8. The van der Waals surface area contributed by atoms with Crippen molar-refractivity contribution in [3.8, 4) is 0 Å². The second kappa shape index (κ2) is 8.51. The fraction of sp³-hybridized carbons (Fsp3) is 0.263. The summed E-state index contributed by atoms with van der Waals surface area (Å²) in [7, 11) is 0. The molecular formula is C19H19F3N2O2. The van der Waals surface area contributed by atoms with Crippen molar-refractivity contribution < 1.29 is 22.7 Å². The second-order valence-electron chi connectivity index (χ2n) is 5.81. The first-order valence-electron chi connectivity index (χ1n) is 7.99. The van der Waals surface area contributed by atoms with E-state index in [0.29, 0.717) is 0 Å². The molecule has 2 aromatic rings. The standard InChI is InChI=1S/C19H19F3N2O2/c1-13(2)26-18(23-12-14-7-4-3-5-8-14)24-17(25)15-9-6-10-16(11-15)19(20,21)22/h3-11,13H,12H2,1-2H3,(H,23,24,25). The molecule has 0 aliphatic rings. The van der Waals surface area contributed by atoms with Gasteiger partial charge < -0.3 is 4.74 Å². The molecule has 0 bridgehead atoms. The molecule has 7 heteroatoms. The highest BCUT2D eigenvalue weighted by atomic mass is 19.4. The molecule has 1 amide bonds. The monoisotopic (exact) mass is 364 g/mol. The number of hydrogen-bond donors (Lipinski definition) is 1. The Kier molecular flexibility index (Phi) is 6.38. The fourth-order valence-electron chi connectivity index (χ4n) is 2.08. The number of carbonyl (C=O) groups is 1. The van der Waals surface area contributed by atoms with Crippen LogP contribution in [0.15, 0.2) is 59.6 Å². The summed E-state index contributed by atoms with van der Waals surface area (Å²) in [5, 5.41) is 2.44. The van der Waals surface area contributed by atoms with E-state index >= 15 is 0 Å². The van der Waals surface area contributed by atoms with Gasteiger partial charge in [-0.25, -0.2) is 4.99 Å². The van der Waals surface area contributed by atoms with E-state index in [4.69, 9.17) is 4.74 Å². The minimum Gasteiger partial charge on any atom is -0.462 e. The van der Waals surface area contributed by atoms with Gasteiger partial charge in [-0.15, -0.1) is 0 Å². The van der Waals surface area contributed by atoms with Crippen molar-refractivity contribution in [3.05, 3.63) is 71.3 Å². The lowest BCUT2D eigenvalue weighted by atomic mass is 10.1. The molecule has 1 N–H and O–H groups in total. The molecule has 0 spiro atoms. The van der Waals surface area contributed by atoms with Crippen LogP contribution in [0.25, 0.3) is 0 Å². The molecule has 0 saturated carbocycles. The summed E-state index contributed by atoms with van der Waals surface area (Å²) in [6, 6.07) is 13.5. The van der Waals surface area contributed by atoms with E-state index < -0.39 is 17.6 Å². The largest absolute Gasteiger partial charge is 0.462 e. The van der Waals surface area contributed by atoms with E-state index in [0.717, 1.165) is 17.7 Å². The first kappa shape index (κ1) is 19.5. The molecular weight excluding hydrogens is 345 g/mol. The van der Waals surface area contributed by atoms with Crippen molar-refractivity contribution in [3.63, 3.8) is 0 Å². The Morgan fingerprint density at radius 3 is 2.42 bits per heavy atom. The van der Waals surface area contributed by atoms with Gasteiger partial charge in [-0.2, -0.15) is 13.2 Å². The lowest BCUT2D eigenvalue weighted by Crippen LogP contribution is -2.34. The predicted octanol–water partition coefficient (Wildman–Crippen LogP) is 4.42. The van der Waals surface area contributed by atoms with Crippen molar-refractivity contribution in [2.45, 2.75) is 32.7 Å². The van der Waals surface area contributed by atoms with Crippen molar-refractivity contribution >= 4 is 11.9 Å². The van der Waals surface area contributed by atoms with Gasteiger partial charge in [-0.3, -0.25) is 10.1 Å². The smallest absolute Gasteiger partial charge is 0.416 e. The van der Waals surface area contributed by atoms with Crippen LogP contribution in [-0.2, 0) is 17.5 Å². The predicted molar refractivity (Wildman–Crippen MR) is 92.7 cm³/mol. The van der Waals surface area contributed by atoms with Gasteiger partial charge in [0.2, 0.25) is 0 Å². The highest BCUT2D eigenvalue weighted by molar-refractivity contribution is 6.04. The molecule has 2 aromatic carbocycles. The summed E-state index contributed by atoms with van der Waals surface area (Å²) in [4.78, 5) is 16.5. The molecule has 0 fully saturated rings. The summed E-state index contributed by atoms with van der Waals surface area (Å²) in [6.45, 7) is 3.79. The first-order valence-corrected chi connectivity index (χ1v) is 7.99. The Hall–Kier alpha value is -2.83. The van der Waals surface area contributed by atoms with E-state index in [1.165, 1.54) is 12.1 Å². The van der Waals surface area contributed by atoms with Crippen LogP contribution in [0.4, 0.5) is 13.2 Å². The molecule has 0 unspecified atom stereocenters. The normalized spacial score (nSPS) is 12.2. The third-order valence-electron chi connectivity index (χ3n) is 3.27. The maximum Gasteiger partial charge on any atom is 0.416 e. The lowest BCUT2D eigenvalue weighted by molar-refractivity contribution is -0.137. The Morgan fingerprint density at radius 2 is 1.81 bits per heavy atom. The zero-order valence-corrected chi connectivity index (χ0v) is 14.4. The maximum atomic E-state index is 12.8. The summed E-state index contributed by atoms with van der Waals surface area (Å²) in [5.41, 5.74) is -0.108. The number of ether oxygens (including phenoxy) is 1. The highest BCUT2D eigenvalue weighted by Crippen LogP contribution is 2.29. The molecule has 0 aliphatic carbocycles. The molecule has 4 nitrogen and oxygen atoms in total. The number of amides is 1. The third-order valence-corrected chi connectivity index (χ3v) is 3.27. The quantitative estimate of drug-likeness (QED) is 0.645. The molecule has 0 heterocycles. The Balaban J connectivity index is 2.16. The van der Waals surface area contributed by atoms with E-state index in [1.54, 1.807) is 13.8 Å². The van der Waals surface area contributed by atoms with Gasteiger partial charge in [0, 0.05) is 5.56 Å². The summed E-state index contributed by atoms with van der Waals surface area (Å²) >= 11 is 0. The number of benzene rings is 2. The van der Waals surface area contributed by atoms with Crippen molar-refractivity contribution in [1.29, 1.82) is 0 Å². The maximum absolute atomic E-state index is 12.8. The number of amidine groups is 1. The number of alkyl halides is 3. The van der Waals surface area contributed by atoms with Crippen LogP contribution in [0, 0.1) is 0 Å². The SMILES string of the molecule is CC(C)OC(=NCc1ccccc1)NC(=O)c1cccc(C(F)(F)F)c1. The average molecular weight is 364 g/mol. The van der Waals surface area contributed by atoms with E-state index in [9.17, 15) is 18.0 Å². The number of nitrogens with zero attached hydrogens (tertiary/aromatic N) is 1. The van der Waals surface area contributed by atoms with Gasteiger partial charge in [0.25, 0.3) is 11.9 Å². The molecule has 2 rings (SSSR count). The molecule has 0 saturated heterocycles. The van der Waals surface area contributed by atoms with Crippen LogP contribution in [0.3, 0.4) is 0 Å². The third kappa shape index (κ3) is 5.91.